The largest absolute Gasteiger partial charge is 0.451 e. The van der Waals surface area contributed by atoms with Crippen molar-refractivity contribution in [3.63, 3.8) is 0 Å². The first-order valence-corrected chi connectivity index (χ1v) is 8.23. The molecule has 6 heteroatoms. The first kappa shape index (κ1) is 13.5. The van der Waals surface area contributed by atoms with Gasteiger partial charge in [-0.1, -0.05) is 15.9 Å². The van der Waals surface area contributed by atoms with Crippen molar-refractivity contribution in [1.29, 1.82) is 0 Å². The molecular formula is C15H12Br2N2O2. The number of hydrogen-bond donors (Lipinski definition) is 0. The molecule has 1 atom stereocenters. The Morgan fingerprint density at radius 3 is 2.86 bits per heavy atom. The Hall–Kier alpha value is -1.11. The zero-order valence-corrected chi connectivity index (χ0v) is 14.4. The number of ether oxygens (including phenoxy) is 2. The Morgan fingerprint density at radius 1 is 1.29 bits per heavy atom. The number of aryl methyl sites for hydroxylation is 1. The summed E-state index contributed by atoms with van der Waals surface area (Å²) in [6.45, 7) is 3.67. The van der Waals surface area contributed by atoms with Gasteiger partial charge >= 0.3 is 0 Å². The molecule has 0 radical (unpaired) electrons. The van der Waals surface area contributed by atoms with E-state index in [1.807, 2.05) is 12.1 Å². The molecule has 1 saturated heterocycles. The van der Waals surface area contributed by atoms with Gasteiger partial charge in [0.2, 0.25) is 0 Å². The molecule has 21 heavy (non-hydrogen) atoms. The number of nitrogens with zero attached hydrogens (tertiary/aromatic N) is 2. The van der Waals surface area contributed by atoms with E-state index < -0.39 is 0 Å². The summed E-state index contributed by atoms with van der Waals surface area (Å²) in [5.74, 6) is 2.43. The molecule has 0 N–H and O–H groups in total. The fourth-order valence-electron chi connectivity index (χ4n) is 2.43. The number of anilines is 2. The smallest absolute Gasteiger partial charge is 0.176 e. The molecule has 0 aliphatic carbocycles. The summed E-state index contributed by atoms with van der Waals surface area (Å²) >= 11 is 7.01. The average Bonchev–Trinajstić information content (AvgIpc) is 3.24. The van der Waals surface area contributed by atoms with Gasteiger partial charge in [0, 0.05) is 21.2 Å². The summed E-state index contributed by atoms with van der Waals surface area (Å²) in [6, 6.07) is 6.07. The van der Waals surface area contributed by atoms with E-state index in [2.05, 4.69) is 54.7 Å². The van der Waals surface area contributed by atoms with Crippen LogP contribution in [0.3, 0.4) is 0 Å². The van der Waals surface area contributed by atoms with Crippen LogP contribution in [0, 0.1) is 6.92 Å². The molecule has 108 valence electrons. The highest BCUT2D eigenvalue weighted by Gasteiger charge is 2.33. The Balaban J connectivity index is 1.86. The molecule has 0 spiro atoms. The minimum atomic E-state index is 0.276. The van der Waals surface area contributed by atoms with Gasteiger partial charge in [-0.2, -0.15) is 0 Å². The quantitative estimate of drug-likeness (QED) is 0.679. The number of pyridine rings is 1. The highest BCUT2D eigenvalue weighted by Crippen LogP contribution is 2.48. The molecule has 4 rings (SSSR count). The summed E-state index contributed by atoms with van der Waals surface area (Å²) in [5, 5.41) is 0. The second-order valence-electron chi connectivity index (χ2n) is 5.21. The van der Waals surface area contributed by atoms with Crippen molar-refractivity contribution in [2.45, 2.75) is 13.0 Å². The Bertz CT molecular complexity index is 732. The third-order valence-electron chi connectivity index (χ3n) is 3.59. The topological polar surface area (TPSA) is 37.9 Å². The minimum Gasteiger partial charge on any atom is -0.451 e. The van der Waals surface area contributed by atoms with E-state index in [0.29, 0.717) is 0 Å². The molecule has 1 unspecified atom stereocenters. The van der Waals surface area contributed by atoms with E-state index in [0.717, 1.165) is 45.1 Å². The van der Waals surface area contributed by atoms with E-state index >= 15 is 0 Å². The predicted octanol–water partition coefficient (Wildman–Crippen LogP) is 4.56. The lowest BCUT2D eigenvalue weighted by atomic mass is 10.1. The summed E-state index contributed by atoms with van der Waals surface area (Å²) in [5.41, 5.74) is 2.20. The average molecular weight is 412 g/mol. The van der Waals surface area contributed by atoms with Crippen LogP contribution in [0.4, 0.5) is 11.5 Å². The first-order chi connectivity index (χ1) is 10.1. The molecule has 3 heterocycles. The van der Waals surface area contributed by atoms with Gasteiger partial charge in [-0.05, 0) is 40.5 Å². The lowest BCUT2D eigenvalue weighted by Gasteiger charge is -2.31. The number of fused-ring (bicyclic) bond motifs is 2. The number of rotatable bonds is 2. The third kappa shape index (κ3) is 2.45. The van der Waals surface area contributed by atoms with Crippen molar-refractivity contribution in [3.05, 3.63) is 38.9 Å². The first-order valence-electron chi connectivity index (χ1n) is 6.64. The van der Waals surface area contributed by atoms with Gasteiger partial charge in [-0.3, -0.25) is 0 Å². The number of hydrogen-bond acceptors (Lipinski definition) is 4. The van der Waals surface area contributed by atoms with Crippen LogP contribution in [0.25, 0.3) is 0 Å². The Morgan fingerprint density at radius 2 is 2.10 bits per heavy atom. The van der Waals surface area contributed by atoms with Crippen molar-refractivity contribution < 1.29 is 9.47 Å². The van der Waals surface area contributed by atoms with Gasteiger partial charge in [0.1, 0.15) is 0 Å². The highest BCUT2D eigenvalue weighted by molar-refractivity contribution is 9.10. The van der Waals surface area contributed by atoms with E-state index in [9.17, 15) is 0 Å². The maximum absolute atomic E-state index is 6.02. The van der Waals surface area contributed by atoms with Crippen LogP contribution in [-0.4, -0.2) is 24.2 Å². The van der Waals surface area contributed by atoms with E-state index in [1.54, 1.807) is 6.20 Å². The molecule has 2 aliphatic rings. The summed E-state index contributed by atoms with van der Waals surface area (Å²) in [4.78, 5) is 6.70. The van der Waals surface area contributed by atoms with Crippen LogP contribution >= 0.6 is 31.9 Å². The number of halogens is 2. The zero-order chi connectivity index (χ0) is 14.6. The SMILES string of the molecule is Cc1cc2c(cc1Br)Oc1cc(Br)cnc1N2CC1CO1. The van der Waals surface area contributed by atoms with Crippen molar-refractivity contribution >= 4 is 43.4 Å². The van der Waals surface area contributed by atoms with Gasteiger partial charge in [0.05, 0.1) is 24.9 Å². The van der Waals surface area contributed by atoms with Crippen LogP contribution in [0.15, 0.2) is 33.3 Å². The van der Waals surface area contributed by atoms with Crippen LogP contribution < -0.4 is 9.64 Å². The fourth-order valence-corrected chi connectivity index (χ4v) is 3.06. The lowest BCUT2D eigenvalue weighted by Crippen LogP contribution is -2.26. The molecule has 0 amide bonds. The van der Waals surface area contributed by atoms with Crippen molar-refractivity contribution in [3.8, 4) is 11.5 Å². The molecule has 1 fully saturated rings. The van der Waals surface area contributed by atoms with Crippen molar-refractivity contribution in [2.24, 2.45) is 0 Å². The van der Waals surface area contributed by atoms with E-state index in [4.69, 9.17) is 9.47 Å². The minimum absolute atomic E-state index is 0.276. The van der Waals surface area contributed by atoms with Gasteiger partial charge < -0.3 is 14.4 Å². The Labute approximate surface area is 139 Å². The van der Waals surface area contributed by atoms with E-state index in [1.165, 1.54) is 5.56 Å². The molecule has 1 aromatic heterocycles. The summed E-state index contributed by atoms with van der Waals surface area (Å²) in [7, 11) is 0. The molecular weight excluding hydrogens is 400 g/mol. The molecule has 2 aromatic rings. The molecule has 1 aromatic carbocycles. The zero-order valence-electron chi connectivity index (χ0n) is 11.3. The van der Waals surface area contributed by atoms with Crippen LogP contribution in [0.1, 0.15) is 5.56 Å². The molecule has 0 bridgehead atoms. The maximum Gasteiger partial charge on any atom is 0.176 e. The monoisotopic (exact) mass is 410 g/mol. The summed E-state index contributed by atoms with van der Waals surface area (Å²) in [6.07, 6.45) is 2.07. The highest BCUT2D eigenvalue weighted by atomic mass is 79.9. The molecule has 4 nitrogen and oxygen atoms in total. The van der Waals surface area contributed by atoms with Crippen molar-refractivity contribution in [2.75, 3.05) is 18.1 Å². The van der Waals surface area contributed by atoms with Crippen LogP contribution in [0.2, 0.25) is 0 Å². The van der Waals surface area contributed by atoms with E-state index in [-0.39, 0.29) is 6.10 Å². The predicted molar refractivity (Wildman–Crippen MR) is 87.6 cm³/mol. The van der Waals surface area contributed by atoms with Gasteiger partial charge in [0.15, 0.2) is 17.3 Å². The molecule has 2 aliphatic heterocycles. The second kappa shape index (κ2) is 4.97. The standard InChI is InChI=1S/C15H12Br2N2O2/c1-8-2-12-13(4-11(8)17)21-14-3-9(16)5-18-15(14)19(12)6-10-7-20-10/h2-5,10H,6-7H2,1H3. The van der Waals surface area contributed by atoms with Crippen LogP contribution in [0.5, 0.6) is 11.5 Å². The lowest BCUT2D eigenvalue weighted by molar-refractivity contribution is 0.407. The number of aromatic nitrogens is 1. The number of epoxide rings is 1. The maximum atomic E-state index is 6.02. The molecule has 0 saturated carbocycles. The van der Waals surface area contributed by atoms with Crippen molar-refractivity contribution in [1.82, 2.24) is 4.98 Å². The van der Waals surface area contributed by atoms with Gasteiger partial charge in [-0.15, -0.1) is 0 Å². The third-order valence-corrected chi connectivity index (χ3v) is 4.88. The Kier molecular flexibility index (Phi) is 3.20. The number of benzene rings is 1. The fraction of sp³-hybridized carbons (Fsp3) is 0.267. The van der Waals surface area contributed by atoms with Gasteiger partial charge in [-0.25, -0.2) is 4.98 Å². The van der Waals surface area contributed by atoms with Crippen LogP contribution in [-0.2, 0) is 4.74 Å². The summed E-state index contributed by atoms with van der Waals surface area (Å²) < 4.78 is 13.4. The van der Waals surface area contributed by atoms with Gasteiger partial charge in [0.25, 0.3) is 0 Å². The normalized spacial score (nSPS) is 18.8. The second-order valence-corrected chi connectivity index (χ2v) is 6.98.